The van der Waals surface area contributed by atoms with E-state index in [0.717, 1.165) is 18.7 Å². The molecule has 0 aliphatic heterocycles. The maximum atomic E-state index is 10.0. The average molecular weight is 267 g/mol. The minimum absolute atomic E-state index is 0.571. The van der Waals surface area contributed by atoms with Crippen LogP contribution < -0.4 is 10.1 Å². The molecule has 1 rings (SSSR count). The van der Waals surface area contributed by atoms with Crippen LogP contribution in [0.1, 0.15) is 19.8 Å². The first-order valence-electron chi connectivity index (χ1n) is 6.74. The lowest BCUT2D eigenvalue weighted by Crippen LogP contribution is -2.39. The summed E-state index contributed by atoms with van der Waals surface area (Å²) in [7, 11) is 1.64. The number of hydrogen-bond acceptors (Lipinski definition) is 4. The molecule has 0 saturated heterocycles. The highest BCUT2D eigenvalue weighted by Crippen LogP contribution is 2.09. The van der Waals surface area contributed by atoms with Gasteiger partial charge in [-0.2, -0.15) is 0 Å². The molecule has 0 heterocycles. The van der Waals surface area contributed by atoms with E-state index in [9.17, 15) is 5.11 Å². The standard InChI is InChI=1S/C15H25NO3/c1-15(17,9-12-18-2)13-16-10-6-11-19-14-7-4-3-5-8-14/h3-5,7-8,16-17H,6,9-13H2,1-2H3. The molecule has 0 radical (unpaired) electrons. The average Bonchev–Trinajstić information content (AvgIpc) is 2.42. The van der Waals surface area contributed by atoms with Gasteiger partial charge in [0.15, 0.2) is 0 Å². The van der Waals surface area contributed by atoms with Gasteiger partial charge in [-0.3, -0.25) is 0 Å². The van der Waals surface area contributed by atoms with Crippen molar-refractivity contribution in [1.29, 1.82) is 0 Å². The summed E-state index contributed by atoms with van der Waals surface area (Å²) in [5.41, 5.74) is -0.712. The second-order valence-corrected chi connectivity index (χ2v) is 4.93. The van der Waals surface area contributed by atoms with Crippen molar-refractivity contribution in [3.05, 3.63) is 30.3 Å². The zero-order valence-corrected chi connectivity index (χ0v) is 11.9. The van der Waals surface area contributed by atoms with Crippen LogP contribution >= 0.6 is 0 Å². The summed E-state index contributed by atoms with van der Waals surface area (Å²) in [6.07, 6.45) is 1.55. The lowest BCUT2D eigenvalue weighted by atomic mass is 10.0. The van der Waals surface area contributed by atoms with Crippen LogP contribution in [0.25, 0.3) is 0 Å². The van der Waals surface area contributed by atoms with Crippen LogP contribution in [0.5, 0.6) is 5.75 Å². The van der Waals surface area contributed by atoms with Crippen LogP contribution in [0.15, 0.2) is 30.3 Å². The second-order valence-electron chi connectivity index (χ2n) is 4.93. The summed E-state index contributed by atoms with van der Waals surface area (Å²) in [6, 6.07) is 9.78. The molecule has 0 fully saturated rings. The van der Waals surface area contributed by atoms with Crippen molar-refractivity contribution in [3.63, 3.8) is 0 Å². The zero-order valence-electron chi connectivity index (χ0n) is 11.9. The highest BCUT2D eigenvalue weighted by atomic mass is 16.5. The van der Waals surface area contributed by atoms with Crippen LogP contribution in [0, 0.1) is 0 Å². The van der Waals surface area contributed by atoms with E-state index in [2.05, 4.69) is 5.32 Å². The smallest absolute Gasteiger partial charge is 0.119 e. The Morgan fingerprint density at radius 3 is 2.63 bits per heavy atom. The summed E-state index contributed by atoms with van der Waals surface area (Å²) < 4.78 is 10.5. The number of ether oxygens (including phenoxy) is 2. The number of methoxy groups -OCH3 is 1. The fourth-order valence-corrected chi connectivity index (χ4v) is 1.67. The Balaban J connectivity index is 2.02. The molecule has 0 aliphatic rings. The molecule has 0 aromatic heterocycles. The van der Waals surface area contributed by atoms with Crippen molar-refractivity contribution in [2.75, 3.05) is 33.4 Å². The van der Waals surface area contributed by atoms with Crippen molar-refractivity contribution in [3.8, 4) is 5.75 Å². The Labute approximate surface area is 115 Å². The van der Waals surface area contributed by atoms with Gasteiger partial charge in [-0.25, -0.2) is 0 Å². The molecule has 0 aliphatic carbocycles. The fraction of sp³-hybridized carbons (Fsp3) is 0.600. The molecule has 0 amide bonds. The van der Waals surface area contributed by atoms with E-state index in [1.807, 2.05) is 37.3 Å². The largest absolute Gasteiger partial charge is 0.494 e. The van der Waals surface area contributed by atoms with Crippen LogP contribution in [-0.2, 0) is 4.74 Å². The van der Waals surface area contributed by atoms with Gasteiger partial charge in [-0.1, -0.05) is 18.2 Å². The predicted molar refractivity (Wildman–Crippen MR) is 76.5 cm³/mol. The maximum Gasteiger partial charge on any atom is 0.119 e. The van der Waals surface area contributed by atoms with Gasteiger partial charge >= 0.3 is 0 Å². The molecular weight excluding hydrogens is 242 g/mol. The van der Waals surface area contributed by atoms with Gasteiger partial charge in [0, 0.05) is 26.7 Å². The number of aliphatic hydroxyl groups is 1. The minimum atomic E-state index is -0.712. The molecule has 1 atom stereocenters. The Kier molecular flexibility index (Phi) is 7.48. The molecule has 0 saturated carbocycles. The first-order valence-corrected chi connectivity index (χ1v) is 6.74. The number of nitrogens with one attached hydrogen (secondary N) is 1. The van der Waals surface area contributed by atoms with Crippen molar-refractivity contribution in [2.45, 2.75) is 25.4 Å². The zero-order chi connectivity index (χ0) is 14.0. The third kappa shape index (κ3) is 7.82. The summed E-state index contributed by atoms with van der Waals surface area (Å²) in [5.74, 6) is 0.898. The Morgan fingerprint density at radius 2 is 1.95 bits per heavy atom. The van der Waals surface area contributed by atoms with Gasteiger partial charge in [0.2, 0.25) is 0 Å². The van der Waals surface area contributed by atoms with Gasteiger partial charge in [-0.05, 0) is 32.0 Å². The molecule has 4 heteroatoms. The number of rotatable bonds is 10. The third-order valence-electron chi connectivity index (χ3n) is 2.86. The van der Waals surface area contributed by atoms with Crippen molar-refractivity contribution >= 4 is 0 Å². The molecule has 1 unspecified atom stereocenters. The molecule has 1 aromatic rings. The Hall–Kier alpha value is -1.10. The fourth-order valence-electron chi connectivity index (χ4n) is 1.67. The monoisotopic (exact) mass is 267 g/mol. The van der Waals surface area contributed by atoms with E-state index >= 15 is 0 Å². The number of para-hydroxylation sites is 1. The van der Waals surface area contributed by atoms with E-state index < -0.39 is 5.60 Å². The Bertz CT molecular complexity index is 327. The molecule has 1 aromatic carbocycles. The predicted octanol–water partition coefficient (Wildman–Crippen LogP) is 1.83. The van der Waals surface area contributed by atoms with Gasteiger partial charge < -0.3 is 19.9 Å². The molecule has 0 bridgehead atoms. The van der Waals surface area contributed by atoms with Crippen molar-refractivity contribution in [1.82, 2.24) is 5.32 Å². The highest BCUT2D eigenvalue weighted by molar-refractivity contribution is 5.20. The molecule has 4 nitrogen and oxygen atoms in total. The first-order chi connectivity index (χ1) is 9.14. The highest BCUT2D eigenvalue weighted by Gasteiger charge is 2.18. The topological polar surface area (TPSA) is 50.7 Å². The number of hydrogen-bond donors (Lipinski definition) is 2. The normalized spacial score (nSPS) is 14.1. The van der Waals surface area contributed by atoms with Crippen LogP contribution in [-0.4, -0.2) is 44.1 Å². The van der Waals surface area contributed by atoms with E-state index in [1.54, 1.807) is 7.11 Å². The molecule has 19 heavy (non-hydrogen) atoms. The van der Waals surface area contributed by atoms with Gasteiger partial charge in [0.25, 0.3) is 0 Å². The van der Waals surface area contributed by atoms with Crippen molar-refractivity contribution in [2.24, 2.45) is 0 Å². The summed E-state index contributed by atoms with van der Waals surface area (Å²) in [4.78, 5) is 0. The van der Waals surface area contributed by atoms with E-state index in [1.165, 1.54) is 0 Å². The molecule has 2 N–H and O–H groups in total. The summed E-state index contributed by atoms with van der Waals surface area (Å²) >= 11 is 0. The first kappa shape index (κ1) is 16.0. The quantitative estimate of drug-likeness (QED) is 0.635. The molecule has 108 valence electrons. The summed E-state index contributed by atoms with van der Waals surface area (Å²) in [5, 5.41) is 13.2. The second kappa shape index (κ2) is 8.91. The van der Waals surface area contributed by atoms with E-state index in [-0.39, 0.29) is 0 Å². The lowest BCUT2D eigenvalue weighted by Gasteiger charge is -2.23. The van der Waals surface area contributed by atoms with E-state index in [0.29, 0.717) is 26.2 Å². The van der Waals surface area contributed by atoms with Crippen LogP contribution in [0.3, 0.4) is 0 Å². The maximum absolute atomic E-state index is 10.0. The van der Waals surface area contributed by atoms with Gasteiger partial charge in [0.1, 0.15) is 5.75 Å². The lowest BCUT2D eigenvalue weighted by molar-refractivity contribution is 0.0249. The van der Waals surface area contributed by atoms with Crippen molar-refractivity contribution < 1.29 is 14.6 Å². The Morgan fingerprint density at radius 1 is 1.21 bits per heavy atom. The number of benzene rings is 1. The van der Waals surface area contributed by atoms with Gasteiger partial charge in [-0.15, -0.1) is 0 Å². The molecule has 0 spiro atoms. The van der Waals surface area contributed by atoms with Crippen LogP contribution in [0.4, 0.5) is 0 Å². The molecular formula is C15H25NO3. The minimum Gasteiger partial charge on any atom is -0.494 e. The SMILES string of the molecule is COCCC(C)(O)CNCCCOc1ccccc1. The van der Waals surface area contributed by atoms with Crippen LogP contribution in [0.2, 0.25) is 0 Å². The van der Waals surface area contributed by atoms with E-state index in [4.69, 9.17) is 9.47 Å². The van der Waals surface area contributed by atoms with Gasteiger partial charge in [0.05, 0.1) is 12.2 Å². The third-order valence-corrected chi connectivity index (χ3v) is 2.86. The summed E-state index contributed by atoms with van der Waals surface area (Å²) in [6.45, 7) is 4.47.